The molecule has 4 nitrogen and oxygen atoms in total. The largest absolute Gasteiger partial charge is 0.350 e. The van der Waals surface area contributed by atoms with Crippen LogP contribution in [-0.4, -0.2) is 29.1 Å². The van der Waals surface area contributed by atoms with E-state index in [-0.39, 0.29) is 0 Å². The minimum atomic E-state index is 0.435. The van der Waals surface area contributed by atoms with Crippen molar-refractivity contribution >= 4 is 17.5 Å². The summed E-state index contributed by atoms with van der Waals surface area (Å²) in [5.74, 6) is 0.656. The van der Waals surface area contributed by atoms with Gasteiger partial charge in [0.25, 0.3) is 0 Å². The summed E-state index contributed by atoms with van der Waals surface area (Å²) < 4.78 is 0. The molecule has 1 aromatic heterocycles. The minimum Gasteiger partial charge on any atom is -0.350 e. The number of aromatic nitrogens is 2. The van der Waals surface area contributed by atoms with Crippen molar-refractivity contribution in [3.8, 4) is 0 Å². The molecule has 0 spiro atoms. The molecule has 1 aromatic rings. The van der Waals surface area contributed by atoms with Gasteiger partial charge in [0.2, 0.25) is 5.95 Å². The van der Waals surface area contributed by atoms with E-state index in [0.29, 0.717) is 17.0 Å². The second kappa shape index (κ2) is 4.57. The van der Waals surface area contributed by atoms with Gasteiger partial charge >= 0.3 is 0 Å². The van der Waals surface area contributed by atoms with Crippen molar-refractivity contribution in [3.05, 3.63) is 17.4 Å². The Labute approximate surface area is 88.1 Å². The molecule has 1 saturated heterocycles. The molecule has 0 aliphatic carbocycles. The second-order valence-electron chi connectivity index (χ2n) is 3.41. The molecule has 1 atom stereocenters. The number of halogens is 1. The molecule has 1 fully saturated rings. The summed E-state index contributed by atoms with van der Waals surface area (Å²) in [6.45, 7) is 2.09. The molecular weight excluding hydrogens is 200 g/mol. The third-order valence-corrected chi connectivity index (χ3v) is 2.45. The zero-order valence-corrected chi connectivity index (χ0v) is 8.59. The van der Waals surface area contributed by atoms with Gasteiger partial charge in [0.05, 0.1) is 17.4 Å². The van der Waals surface area contributed by atoms with Crippen molar-refractivity contribution in [2.45, 2.75) is 18.9 Å². The number of hydrogen-bond donors (Lipinski definition) is 2. The quantitative estimate of drug-likeness (QED) is 0.776. The van der Waals surface area contributed by atoms with Gasteiger partial charge in [-0.25, -0.2) is 9.97 Å². The topological polar surface area (TPSA) is 49.8 Å². The van der Waals surface area contributed by atoms with E-state index < -0.39 is 0 Å². The van der Waals surface area contributed by atoms with Gasteiger partial charge in [-0.05, 0) is 19.4 Å². The molecule has 76 valence electrons. The molecule has 2 N–H and O–H groups in total. The van der Waals surface area contributed by atoms with E-state index >= 15 is 0 Å². The van der Waals surface area contributed by atoms with Crippen molar-refractivity contribution in [1.29, 1.82) is 0 Å². The van der Waals surface area contributed by atoms with Crippen LogP contribution >= 0.6 is 11.6 Å². The van der Waals surface area contributed by atoms with E-state index in [1.165, 1.54) is 12.8 Å². The van der Waals surface area contributed by atoms with E-state index in [1.54, 1.807) is 12.4 Å². The zero-order valence-electron chi connectivity index (χ0n) is 7.83. The first-order valence-electron chi connectivity index (χ1n) is 4.79. The van der Waals surface area contributed by atoms with Crippen LogP contribution in [0.3, 0.4) is 0 Å². The summed E-state index contributed by atoms with van der Waals surface area (Å²) in [7, 11) is 0. The number of nitrogens with one attached hydrogen (secondary N) is 2. The second-order valence-corrected chi connectivity index (χ2v) is 3.85. The molecular formula is C9H13ClN4. The fourth-order valence-electron chi connectivity index (χ4n) is 1.54. The number of piperidine rings is 1. The zero-order chi connectivity index (χ0) is 9.80. The van der Waals surface area contributed by atoms with Gasteiger partial charge in [-0.3, -0.25) is 0 Å². The molecule has 0 amide bonds. The maximum Gasteiger partial charge on any atom is 0.222 e. The highest BCUT2D eigenvalue weighted by Gasteiger charge is 2.12. The highest BCUT2D eigenvalue weighted by molar-refractivity contribution is 6.30. The maximum atomic E-state index is 5.69. The SMILES string of the molecule is Clc1cnc(N[C@@H]2CCCNC2)nc1. The summed E-state index contributed by atoms with van der Waals surface area (Å²) >= 11 is 5.69. The summed E-state index contributed by atoms with van der Waals surface area (Å²) in [4.78, 5) is 8.18. The highest BCUT2D eigenvalue weighted by Crippen LogP contribution is 2.09. The Morgan fingerprint density at radius 3 is 2.86 bits per heavy atom. The molecule has 0 aromatic carbocycles. The lowest BCUT2D eigenvalue weighted by Gasteiger charge is -2.23. The van der Waals surface area contributed by atoms with Crippen LogP contribution in [0.15, 0.2) is 12.4 Å². The fourth-order valence-corrected chi connectivity index (χ4v) is 1.64. The van der Waals surface area contributed by atoms with E-state index in [9.17, 15) is 0 Å². The smallest absolute Gasteiger partial charge is 0.222 e. The first-order valence-corrected chi connectivity index (χ1v) is 5.17. The number of rotatable bonds is 2. The van der Waals surface area contributed by atoms with Gasteiger partial charge in [0, 0.05) is 12.6 Å². The lowest BCUT2D eigenvalue weighted by atomic mass is 10.1. The third kappa shape index (κ3) is 2.56. The van der Waals surface area contributed by atoms with Crippen molar-refractivity contribution < 1.29 is 0 Å². The summed E-state index contributed by atoms with van der Waals surface area (Å²) in [5, 5.41) is 7.15. The molecule has 0 bridgehead atoms. The van der Waals surface area contributed by atoms with Gasteiger partial charge in [-0.1, -0.05) is 11.6 Å². The lowest BCUT2D eigenvalue weighted by molar-refractivity contribution is 0.478. The molecule has 2 rings (SSSR count). The summed E-state index contributed by atoms with van der Waals surface area (Å²) in [6, 6.07) is 0.435. The van der Waals surface area contributed by atoms with Crippen LogP contribution in [0.5, 0.6) is 0 Å². The highest BCUT2D eigenvalue weighted by atomic mass is 35.5. The first kappa shape index (κ1) is 9.68. The molecule has 0 unspecified atom stereocenters. The van der Waals surface area contributed by atoms with Crippen LogP contribution in [0.25, 0.3) is 0 Å². The van der Waals surface area contributed by atoms with Gasteiger partial charge < -0.3 is 10.6 Å². The number of hydrogen-bond acceptors (Lipinski definition) is 4. The van der Waals surface area contributed by atoms with Gasteiger partial charge in [0.15, 0.2) is 0 Å². The Bertz CT molecular complexity index is 281. The fraction of sp³-hybridized carbons (Fsp3) is 0.556. The van der Waals surface area contributed by atoms with Crippen molar-refractivity contribution in [1.82, 2.24) is 15.3 Å². The Balaban J connectivity index is 1.92. The molecule has 14 heavy (non-hydrogen) atoms. The van der Waals surface area contributed by atoms with Crippen molar-refractivity contribution in [2.24, 2.45) is 0 Å². The average molecular weight is 213 g/mol. The van der Waals surface area contributed by atoms with E-state index in [0.717, 1.165) is 13.1 Å². The predicted molar refractivity (Wildman–Crippen MR) is 56.6 cm³/mol. The maximum absolute atomic E-state index is 5.69. The van der Waals surface area contributed by atoms with Crippen LogP contribution in [-0.2, 0) is 0 Å². The predicted octanol–water partition coefficient (Wildman–Crippen LogP) is 1.29. The third-order valence-electron chi connectivity index (χ3n) is 2.25. The van der Waals surface area contributed by atoms with E-state index in [4.69, 9.17) is 11.6 Å². The van der Waals surface area contributed by atoms with E-state index in [1.807, 2.05) is 0 Å². The average Bonchev–Trinajstić information content (AvgIpc) is 2.23. The number of anilines is 1. The normalized spacial score (nSPS) is 21.9. The van der Waals surface area contributed by atoms with Crippen molar-refractivity contribution in [2.75, 3.05) is 18.4 Å². The molecule has 2 heterocycles. The Hall–Kier alpha value is -0.870. The standard InChI is InChI=1S/C9H13ClN4/c10-7-4-12-9(13-5-7)14-8-2-1-3-11-6-8/h4-5,8,11H,1-3,6H2,(H,12,13,14)/t8-/m1/s1. The first-order chi connectivity index (χ1) is 6.84. The molecule has 0 radical (unpaired) electrons. The lowest BCUT2D eigenvalue weighted by Crippen LogP contribution is -2.38. The van der Waals surface area contributed by atoms with Crippen LogP contribution in [0.1, 0.15) is 12.8 Å². The van der Waals surface area contributed by atoms with Gasteiger partial charge in [0.1, 0.15) is 0 Å². The number of nitrogens with zero attached hydrogens (tertiary/aromatic N) is 2. The van der Waals surface area contributed by atoms with Gasteiger partial charge in [-0.15, -0.1) is 0 Å². The Morgan fingerprint density at radius 2 is 2.21 bits per heavy atom. The Morgan fingerprint density at radius 1 is 1.43 bits per heavy atom. The van der Waals surface area contributed by atoms with E-state index in [2.05, 4.69) is 20.6 Å². The van der Waals surface area contributed by atoms with Crippen LogP contribution in [0.4, 0.5) is 5.95 Å². The van der Waals surface area contributed by atoms with Crippen LogP contribution in [0.2, 0.25) is 5.02 Å². The van der Waals surface area contributed by atoms with Gasteiger partial charge in [-0.2, -0.15) is 0 Å². The summed E-state index contributed by atoms with van der Waals surface area (Å²) in [6.07, 6.45) is 5.57. The molecule has 5 heteroatoms. The Kier molecular flexibility index (Phi) is 3.16. The summed E-state index contributed by atoms with van der Waals surface area (Å²) in [5.41, 5.74) is 0. The minimum absolute atomic E-state index is 0.435. The van der Waals surface area contributed by atoms with Crippen LogP contribution < -0.4 is 10.6 Å². The monoisotopic (exact) mass is 212 g/mol. The molecule has 0 saturated carbocycles. The molecule has 1 aliphatic rings. The van der Waals surface area contributed by atoms with Crippen LogP contribution in [0, 0.1) is 0 Å². The molecule has 1 aliphatic heterocycles. The van der Waals surface area contributed by atoms with Crippen molar-refractivity contribution in [3.63, 3.8) is 0 Å².